The minimum Gasteiger partial charge on any atom is -0.456 e. The summed E-state index contributed by atoms with van der Waals surface area (Å²) in [4.78, 5) is 27.8. The van der Waals surface area contributed by atoms with E-state index in [-0.39, 0.29) is 18.8 Å². The van der Waals surface area contributed by atoms with E-state index in [0.29, 0.717) is 6.42 Å². The van der Waals surface area contributed by atoms with Gasteiger partial charge in [0.2, 0.25) is 0 Å². The number of unbranched alkanes of at least 4 members (excludes halogenated alkanes) is 4. The van der Waals surface area contributed by atoms with Gasteiger partial charge in [-0.25, -0.2) is 9.18 Å². The minimum absolute atomic E-state index is 0.0204. The zero-order chi connectivity index (χ0) is 20.7. The van der Waals surface area contributed by atoms with E-state index in [1.165, 1.54) is 12.3 Å². The van der Waals surface area contributed by atoms with Crippen LogP contribution in [0.2, 0.25) is 0 Å². The van der Waals surface area contributed by atoms with Crippen LogP contribution in [0.4, 0.5) is 10.2 Å². The molecule has 0 amide bonds. The van der Waals surface area contributed by atoms with Crippen LogP contribution in [0.5, 0.6) is 0 Å². The number of ether oxygens (including phenoxy) is 2. The van der Waals surface area contributed by atoms with Crippen LogP contribution in [0, 0.1) is 0 Å². The molecule has 158 valence electrons. The highest BCUT2D eigenvalue weighted by Gasteiger charge is 2.58. The lowest BCUT2D eigenvalue weighted by Gasteiger charge is -2.30. The van der Waals surface area contributed by atoms with E-state index in [1.807, 2.05) is 0 Å². The topological polar surface area (TPSA) is 143 Å². The number of aliphatic hydroxyl groups is 1. The predicted molar refractivity (Wildman–Crippen MR) is 100 cm³/mol. The molecular weight excluding hydrogens is 371 g/mol. The molecule has 4 atom stereocenters. The number of esters is 1. The van der Waals surface area contributed by atoms with Crippen LogP contribution in [-0.2, 0) is 14.3 Å². The normalized spacial score (nSPS) is 27.1. The van der Waals surface area contributed by atoms with Crippen molar-refractivity contribution in [3.63, 3.8) is 0 Å². The summed E-state index contributed by atoms with van der Waals surface area (Å²) in [7, 11) is 0. The zero-order valence-corrected chi connectivity index (χ0v) is 16.1. The van der Waals surface area contributed by atoms with Crippen molar-refractivity contribution < 1.29 is 23.8 Å². The number of hydrogen-bond acceptors (Lipinski definition) is 8. The van der Waals surface area contributed by atoms with Crippen LogP contribution in [0.15, 0.2) is 17.1 Å². The van der Waals surface area contributed by atoms with Crippen molar-refractivity contribution in [1.82, 2.24) is 9.55 Å². The number of nitrogens with zero attached hydrogens (tertiary/aromatic N) is 2. The number of halogens is 1. The molecule has 2 heterocycles. The summed E-state index contributed by atoms with van der Waals surface area (Å²) in [5, 5.41) is 9.78. The Hall–Kier alpha value is -2.04. The van der Waals surface area contributed by atoms with Gasteiger partial charge in [0, 0.05) is 19.2 Å². The predicted octanol–water partition coefficient (Wildman–Crippen LogP) is 0.655. The molecule has 0 aromatic carbocycles. The van der Waals surface area contributed by atoms with Gasteiger partial charge in [0.25, 0.3) is 0 Å². The smallest absolute Gasteiger partial charge is 0.351 e. The number of carbonyl (C=O) groups excluding carboxylic acids is 1. The van der Waals surface area contributed by atoms with Gasteiger partial charge in [-0.2, -0.15) is 4.98 Å². The van der Waals surface area contributed by atoms with E-state index in [4.69, 9.17) is 20.9 Å². The lowest BCUT2D eigenvalue weighted by atomic mass is 9.96. The van der Waals surface area contributed by atoms with Crippen LogP contribution in [-0.4, -0.2) is 51.7 Å². The monoisotopic (exact) mass is 400 g/mol. The highest BCUT2D eigenvalue weighted by molar-refractivity contribution is 5.69. The molecule has 9 nitrogen and oxygen atoms in total. The van der Waals surface area contributed by atoms with E-state index < -0.39 is 42.4 Å². The van der Waals surface area contributed by atoms with E-state index in [9.17, 15) is 14.7 Å². The van der Waals surface area contributed by atoms with E-state index in [0.717, 1.165) is 30.3 Å². The van der Waals surface area contributed by atoms with E-state index in [1.54, 1.807) is 0 Å². The Morgan fingerprint density at radius 3 is 2.75 bits per heavy atom. The Morgan fingerprint density at radius 2 is 2.14 bits per heavy atom. The third-order valence-corrected chi connectivity index (χ3v) is 4.92. The first-order chi connectivity index (χ1) is 13.4. The molecule has 1 saturated heterocycles. The molecule has 0 bridgehead atoms. The standard InChI is InChI=1S/C18H29FN4O5/c1-2-3-4-5-6-7-13(25)27-15-14(19)16(28-18(15,10-20)11-24)23-9-8-12(21)22-17(23)26/h8-9,14-16,24H,2-7,10-11,20H2,1H3,(H2,21,22,26). The summed E-state index contributed by atoms with van der Waals surface area (Å²) in [5.74, 6) is -0.615. The average Bonchev–Trinajstić information content (AvgIpc) is 2.94. The van der Waals surface area contributed by atoms with Gasteiger partial charge >= 0.3 is 11.7 Å². The molecule has 0 saturated carbocycles. The maximum absolute atomic E-state index is 15.1. The number of rotatable bonds is 10. The van der Waals surface area contributed by atoms with Crippen LogP contribution in [0.3, 0.4) is 0 Å². The fraction of sp³-hybridized carbons (Fsp3) is 0.722. The molecule has 5 N–H and O–H groups in total. The maximum atomic E-state index is 15.1. The first-order valence-corrected chi connectivity index (χ1v) is 9.55. The van der Waals surface area contributed by atoms with Gasteiger partial charge in [0.15, 0.2) is 18.5 Å². The lowest BCUT2D eigenvalue weighted by molar-refractivity contribution is -0.167. The number of aromatic nitrogens is 2. The van der Waals surface area contributed by atoms with E-state index >= 15 is 4.39 Å². The Balaban J connectivity index is 2.12. The molecule has 1 aliphatic heterocycles. The highest BCUT2D eigenvalue weighted by Crippen LogP contribution is 2.40. The molecule has 0 spiro atoms. The number of nitrogen functional groups attached to an aromatic ring is 1. The first kappa shape index (κ1) is 22.3. The summed E-state index contributed by atoms with van der Waals surface area (Å²) >= 11 is 0. The lowest BCUT2D eigenvalue weighted by Crippen LogP contribution is -2.53. The molecule has 1 aromatic heterocycles. The SMILES string of the molecule is CCCCCCCC(=O)OC1C(F)C(n2ccc(N)nc2=O)OC1(CN)CO. The fourth-order valence-electron chi connectivity index (χ4n) is 3.24. The average molecular weight is 400 g/mol. The highest BCUT2D eigenvalue weighted by atomic mass is 19.1. The first-order valence-electron chi connectivity index (χ1n) is 9.55. The van der Waals surface area contributed by atoms with E-state index in [2.05, 4.69) is 11.9 Å². The zero-order valence-electron chi connectivity index (χ0n) is 16.1. The number of carbonyl (C=O) groups is 1. The van der Waals surface area contributed by atoms with Crippen molar-refractivity contribution in [3.05, 3.63) is 22.7 Å². The molecule has 1 aliphatic rings. The Morgan fingerprint density at radius 1 is 1.43 bits per heavy atom. The fourth-order valence-corrected chi connectivity index (χ4v) is 3.24. The summed E-state index contributed by atoms with van der Waals surface area (Å²) < 4.78 is 26.9. The van der Waals surface area contributed by atoms with Crippen LogP contribution in [0.1, 0.15) is 51.7 Å². The second kappa shape index (κ2) is 9.94. The summed E-state index contributed by atoms with van der Waals surface area (Å²) in [6.07, 6.45) is 1.26. The van der Waals surface area contributed by atoms with Crippen molar-refractivity contribution in [2.24, 2.45) is 5.73 Å². The molecule has 1 aromatic rings. The van der Waals surface area contributed by atoms with Gasteiger partial charge < -0.3 is 26.0 Å². The van der Waals surface area contributed by atoms with Crippen molar-refractivity contribution in [2.75, 3.05) is 18.9 Å². The number of aliphatic hydroxyl groups excluding tert-OH is 1. The number of alkyl halides is 1. The summed E-state index contributed by atoms with van der Waals surface area (Å²) in [6.45, 7) is 1.12. The van der Waals surface area contributed by atoms with Gasteiger partial charge in [-0.15, -0.1) is 0 Å². The van der Waals surface area contributed by atoms with Crippen molar-refractivity contribution in [3.8, 4) is 0 Å². The third-order valence-electron chi connectivity index (χ3n) is 4.92. The van der Waals surface area contributed by atoms with Gasteiger partial charge in [0.05, 0.1) is 6.61 Å². The van der Waals surface area contributed by atoms with Crippen LogP contribution in [0.25, 0.3) is 0 Å². The third kappa shape index (κ3) is 4.86. The number of nitrogens with two attached hydrogens (primary N) is 2. The van der Waals surface area contributed by atoms with Crippen LogP contribution >= 0.6 is 0 Å². The summed E-state index contributed by atoms with van der Waals surface area (Å²) in [5.41, 5.74) is 8.68. The second-order valence-electron chi connectivity index (χ2n) is 7.00. The van der Waals surface area contributed by atoms with Crippen molar-refractivity contribution in [2.45, 2.75) is 69.6 Å². The Bertz CT molecular complexity index is 709. The Kier molecular flexibility index (Phi) is 7.90. The largest absolute Gasteiger partial charge is 0.456 e. The quantitative estimate of drug-likeness (QED) is 0.384. The minimum atomic E-state index is -1.91. The number of hydrogen-bond donors (Lipinski definition) is 3. The van der Waals surface area contributed by atoms with Crippen LogP contribution < -0.4 is 17.2 Å². The molecule has 4 unspecified atom stereocenters. The Labute approximate surface area is 162 Å². The van der Waals surface area contributed by atoms with Gasteiger partial charge in [0.1, 0.15) is 11.4 Å². The van der Waals surface area contributed by atoms with Gasteiger partial charge in [-0.05, 0) is 12.5 Å². The maximum Gasteiger partial charge on any atom is 0.351 e. The van der Waals surface area contributed by atoms with Gasteiger partial charge in [-0.1, -0.05) is 32.6 Å². The molecule has 0 radical (unpaired) electrons. The molecular formula is C18H29FN4O5. The molecule has 2 rings (SSSR count). The van der Waals surface area contributed by atoms with Gasteiger partial charge in [-0.3, -0.25) is 9.36 Å². The molecule has 28 heavy (non-hydrogen) atoms. The second-order valence-corrected chi connectivity index (χ2v) is 7.00. The van der Waals surface area contributed by atoms with Crippen molar-refractivity contribution in [1.29, 1.82) is 0 Å². The molecule has 10 heteroatoms. The molecule has 0 aliphatic carbocycles. The molecule has 1 fully saturated rings. The number of anilines is 1. The van der Waals surface area contributed by atoms with Crippen molar-refractivity contribution >= 4 is 11.8 Å². The summed E-state index contributed by atoms with van der Waals surface area (Å²) in [6, 6.07) is 1.32.